The summed E-state index contributed by atoms with van der Waals surface area (Å²) in [5.41, 5.74) is 2.43. The van der Waals surface area contributed by atoms with E-state index in [-0.39, 0.29) is 0 Å². The van der Waals surface area contributed by atoms with Gasteiger partial charge in [-0.25, -0.2) is 4.98 Å². The summed E-state index contributed by atoms with van der Waals surface area (Å²) < 4.78 is 1.18. The van der Waals surface area contributed by atoms with Crippen LogP contribution in [0.3, 0.4) is 0 Å². The number of rotatable bonds is 6. The average Bonchev–Trinajstić information content (AvgIpc) is 2.95. The Balaban J connectivity index is 1.94. The molecule has 0 aliphatic heterocycles. The molecule has 0 saturated heterocycles. The average molecular weight is 360 g/mol. The van der Waals surface area contributed by atoms with Crippen molar-refractivity contribution in [3.05, 3.63) is 31.9 Å². The summed E-state index contributed by atoms with van der Waals surface area (Å²) in [6, 6.07) is 2.65. The largest absolute Gasteiger partial charge is 0.347 e. The SMILES string of the molecule is CC(C)NCc1csc(N(C)Cc2csc(Br)c2)n1. The molecular formula is C13H18BrN3S2. The summed E-state index contributed by atoms with van der Waals surface area (Å²) in [6.45, 7) is 6.03. The molecule has 2 aromatic rings. The molecule has 0 atom stereocenters. The predicted octanol–water partition coefficient (Wildman–Crippen LogP) is 4.10. The van der Waals surface area contributed by atoms with Gasteiger partial charge in [0.2, 0.25) is 0 Å². The van der Waals surface area contributed by atoms with Crippen LogP contribution >= 0.6 is 38.6 Å². The van der Waals surface area contributed by atoms with Gasteiger partial charge in [0.05, 0.1) is 9.48 Å². The van der Waals surface area contributed by atoms with Crippen LogP contribution < -0.4 is 10.2 Å². The monoisotopic (exact) mass is 359 g/mol. The summed E-state index contributed by atoms with van der Waals surface area (Å²) in [6.07, 6.45) is 0. The van der Waals surface area contributed by atoms with Crippen LogP contribution in [0.2, 0.25) is 0 Å². The maximum absolute atomic E-state index is 4.66. The van der Waals surface area contributed by atoms with Crippen molar-refractivity contribution in [1.82, 2.24) is 10.3 Å². The number of aromatic nitrogens is 1. The van der Waals surface area contributed by atoms with Gasteiger partial charge < -0.3 is 10.2 Å². The van der Waals surface area contributed by atoms with Gasteiger partial charge in [-0.3, -0.25) is 0 Å². The van der Waals surface area contributed by atoms with E-state index in [1.54, 1.807) is 22.7 Å². The van der Waals surface area contributed by atoms with E-state index in [1.165, 1.54) is 9.35 Å². The minimum absolute atomic E-state index is 0.492. The van der Waals surface area contributed by atoms with Gasteiger partial charge in [-0.05, 0) is 32.9 Å². The van der Waals surface area contributed by atoms with Crippen molar-refractivity contribution in [3.8, 4) is 0 Å². The second-order valence-corrected chi connectivity index (χ2v) is 7.90. The van der Waals surface area contributed by atoms with Gasteiger partial charge in [-0.2, -0.15) is 0 Å². The van der Waals surface area contributed by atoms with Crippen LogP contribution in [0.4, 0.5) is 5.13 Å². The molecule has 0 saturated carbocycles. The van der Waals surface area contributed by atoms with E-state index < -0.39 is 0 Å². The van der Waals surface area contributed by atoms with Crippen molar-refractivity contribution in [3.63, 3.8) is 0 Å². The van der Waals surface area contributed by atoms with Crippen LogP contribution in [0.1, 0.15) is 25.1 Å². The molecule has 3 nitrogen and oxygen atoms in total. The van der Waals surface area contributed by atoms with E-state index in [0.29, 0.717) is 6.04 Å². The first-order valence-electron chi connectivity index (χ1n) is 6.16. The molecule has 2 aromatic heterocycles. The van der Waals surface area contributed by atoms with Gasteiger partial charge in [0.1, 0.15) is 0 Å². The molecule has 0 amide bonds. The number of thiazole rings is 1. The number of nitrogens with one attached hydrogen (secondary N) is 1. The Labute approximate surface area is 130 Å². The van der Waals surface area contributed by atoms with E-state index in [9.17, 15) is 0 Å². The summed E-state index contributed by atoms with van der Waals surface area (Å²) in [4.78, 5) is 6.85. The maximum Gasteiger partial charge on any atom is 0.185 e. The number of thiophene rings is 1. The second-order valence-electron chi connectivity index (χ2n) is 4.77. The number of halogens is 1. The zero-order chi connectivity index (χ0) is 13.8. The summed E-state index contributed by atoms with van der Waals surface area (Å²) in [5, 5.41) is 8.77. The molecule has 2 rings (SSSR count). The van der Waals surface area contributed by atoms with Crippen molar-refractivity contribution < 1.29 is 0 Å². The summed E-state index contributed by atoms with van der Waals surface area (Å²) in [7, 11) is 2.09. The third-order valence-corrected chi connectivity index (χ3v) is 5.16. The lowest BCUT2D eigenvalue weighted by molar-refractivity contribution is 0.583. The number of hydrogen-bond donors (Lipinski definition) is 1. The van der Waals surface area contributed by atoms with E-state index >= 15 is 0 Å². The lowest BCUT2D eigenvalue weighted by Gasteiger charge is -2.14. The van der Waals surface area contributed by atoms with Crippen molar-refractivity contribution in [2.24, 2.45) is 0 Å². The van der Waals surface area contributed by atoms with E-state index in [0.717, 1.165) is 23.9 Å². The zero-order valence-electron chi connectivity index (χ0n) is 11.3. The van der Waals surface area contributed by atoms with Crippen LogP contribution in [-0.4, -0.2) is 18.1 Å². The third-order valence-electron chi connectivity index (χ3n) is 2.60. The van der Waals surface area contributed by atoms with Gasteiger partial charge in [0.25, 0.3) is 0 Å². The van der Waals surface area contributed by atoms with Gasteiger partial charge >= 0.3 is 0 Å². The third kappa shape index (κ3) is 4.56. The highest BCUT2D eigenvalue weighted by Gasteiger charge is 2.09. The summed E-state index contributed by atoms with van der Waals surface area (Å²) in [5.74, 6) is 0. The van der Waals surface area contributed by atoms with Crippen LogP contribution in [-0.2, 0) is 13.1 Å². The van der Waals surface area contributed by atoms with E-state index in [2.05, 4.69) is 68.9 Å². The smallest absolute Gasteiger partial charge is 0.185 e. The molecule has 0 unspecified atom stereocenters. The molecule has 2 heterocycles. The van der Waals surface area contributed by atoms with Crippen molar-refractivity contribution in [1.29, 1.82) is 0 Å². The number of nitrogens with zero attached hydrogens (tertiary/aromatic N) is 2. The minimum atomic E-state index is 0.492. The molecule has 0 aliphatic carbocycles. The normalized spacial score (nSPS) is 11.2. The van der Waals surface area contributed by atoms with Crippen molar-refractivity contribution >= 4 is 43.7 Å². The molecular weight excluding hydrogens is 342 g/mol. The van der Waals surface area contributed by atoms with Crippen LogP contribution in [0.25, 0.3) is 0 Å². The molecule has 0 aromatic carbocycles. The Morgan fingerprint density at radius 2 is 2.16 bits per heavy atom. The molecule has 0 aliphatic rings. The van der Waals surface area contributed by atoms with Crippen LogP contribution in [0.5, 0.6) is 0 Å². The first-order chi connectivity index (χ1) is 9.04. The molecule has 1 N–H and O–H groups in total. The highest BCUT2D eigenvalue weighted by atomic mass is 79.9. The zero-order valence-corrected chi connectivity index (χ0v) is 14.5. The van der Waals surface area contributed by atoms with Gasteiger partial charge in [-0.15, -0.1) is 22.7 Å². The fourth-order valence-electron chi connectivity index (χ4n) is 1.63. The standard InChI is InChI=1S/C13H18BrN3S2/c1-9(2)15-5-11-8-19-13(16-11)17(3)6-10-4-12(14)18-7-10/h4,7-9,15H,5-6H2,1-3H3. The molecule has 0 spiro atoms. The van der Waals surface area contributed by atoms with Gasteiger partial charge in [0, 0.05) is 31.6 Å². The Morgan fingerprint density at radius 3 is 2.79 bits per heavy atom. The molecule has 0 fully saturated rings. The van der Waals surface area contributed by atoms with E-state index in [1.807, 2.05) is 0 Å². The van der Waals surface area contributed by atoms with Crippen LogP contribution in [0.15, 0.2) is 20.6 Å². The lowest BCUT2D eigenvalue weighted by Crippen LogP contribution is -2.22. The first-order valence-corrected chi connectivity index (χ1v) is 8.71. The molecule has 19 heavy (non-hydrogen) atoms. The van der Waals surface area contributed by atoms with Crippen molar-refractivity contribution in [2.45, 2.75) is 33.0 Å². The fourth-order valence-corrected chi connectivity index (χ4v) is 3.62. The van der Waals surface area contributed by atoms with Crippen LogP contribution in [0, 0.1) is 0 Å². The highest BCUT2D eigenvalue weighted by Crippen LogP contribution is 2.25. The molecule has 0 bridgehead atoms. The highest BCUT2D eigenvalue weighted by molar-refractivity contribution is 9.11. The predicted molar refractivity (Wildman–Crippen MR) is 88.2 cm³/mol. The molecule has 0 radical (unpaired) electrons. The maximum atomic E-state index is 4.66. The fraction of sp³-hybridized carbons (Fsp3) is 0.462. The lowest BCUT2D eigenvalue weighted by atomic mass is 10.3. The quantitative estimate of drug-likeness (QED) is 0.841. The van der Waals surface area contributed by atoms with E-state index in [4.69, 9.17) is 0 Å². The number of hydrogen-bond acceptors (Lipinski definition) is 5. The molecule has 6 heteroatoms. The Bertz CT molecular complexity index is 521. The van der Waals surface area contributed by atoms with Gasteiger partial charge in [-0.1, -0.05) is 13.8 Å². The first kappa shape index (κ1) is 15.0. The molecule has 104 valence electrons. The minimum Gasteiger partial charge on any atom is -0.347 e. The topological polar surface area (TPSA) is 28.2 Å². The Hall–Kier alpha value is -0.430. The van der Waals surface area contributed by atoms with Gasteiger partial charge in [0.15, 0.2) is 5.13 Å². The number of anilines is 1. The van der Waals surface area contributed by atoms with Crippen molar-refractivity contribution in [2.75, 3.05) is 11.9 Å². The summed E-state index contributed by atoms with van der Waals surface area (Å²) >= 11 is 6.92. The Morgan fingerprint density at radius 1 is 1.37 bits per heavy atom. The Kier molecular flexibility index (Phi) is 5.38. The second kappa shape index (κ2) is 6.83.